The molecule has 0 bridgehead atoms. The van der Waals surface area contributed by atoms with E-state index in [4.69, 9.17) is 0 Å². The van der Waals surface area contributed by atoms with Gasteiger partial charge in [0.15, 0.2) is 0 Å². The summed E-state index contributed by atoms with van der Waals surface area (Å²) in [5.41, 5.74) is 2.37. The maximum absolute atomic E-state index is 4.47. The van der Waals surface area contributed by atoms with Crippen molar-refractivity contribution in [3.05, 3.63) is 42.1 Å². The lowest BCUT2D eigenvalue weighted by Gasteiger charge is -2.19. The Morgan fingerprint density at radius 3 is 2.78 bits per heavy atom. The van der Waals surface area contributed by atoms with E-state index in [1.54, 1.807) is 0 Å². The number of nitrogens with zero attached hydrogens (tertiary/aromatic N) is 1. The van der Waals surface area contributed by atoms with E-state index in [1.165, 1.54) is 10.9 Å². The van der Waals surface area contributed by atoms with E-state index in [1.807, 2.05) is 12.3 Å². The zero-order valence-electron chi connectivity index (χ0n) is 10.9. The predicted octanol–water partition coefficient (Wildman–Crippen LogP) is 3.74. The first-order valence-corrected chi connectivity index (χ1v) is 7.46. The molecule has 18 heavy (non-hydrogen) atoms. The lowest BCUT2D eigenvalue weighted by atomic mass is 10.1. The molecule has 1 N–H and O–H groups in total. The van der Waals surface area contributed by atoms with Crippen molar-refractivity contribution in [1.29, 1.82) is 0 Å². The molecule has 0 aliphatic carbocycles. The van der Waals surface area contributed by atoms with Crippen LogP contribution in [0, 0.1) is 5.92 Å². The van der Waals surface area contributed by atoms with Crippen molar-refractivity contribution in [1.82, 2.24) is 10.3 Å². The highest BCUT2D eigenvalue weighted by molar-refractivity contribution is 9.09. The van der Waals surface area contributed by atoms with Gasteiger partial charge in [0.05, 0.1) is 5.52 Å². The van der Waals surface area contributed by atoms with Gasteiger partial charge < -0.3 is 5.32 Å². The normalized spacial score (nSPS) is 14.6. The lowest BCUT2D eigenvalue weighted by Crippen LogP contribution is -2.32. The fourth-order valence-corrected chi connectivity index (χ4v) is 2.48. The number of alkyl halides is 1. The number of pyridine rings is 1. The second kappa shape index (κ2) is 6.30. The summed E-state index contributed by atoms with van der Waals surface area (Å²) in [4.78, 5) is 4.47. The summed E-state index contributed by atoms with van der Waals surface area (Å²) < 4.78 is 0. The minimum Gasteiger partial charge on any atom is -0.310 e. The van der Waals surface area contributed by atoms with E-state index in [0.717, 1.165) is 17.4 Å². The molecule has 1 aromatic heterocycles. The molecular formula is C15H19BrN2. The number of nitrogens with one attached hydrogen (secondary N) is 1. The van der Waals surface area contributed by atoms with E-state index >= 15 is 0 Å². The van der Waals surface area contributed by atoms with E-state index in [0.29, 0.717) is 12.0 Å². The van der Waals surface area contributed by atoms with Gasteiger partial charge in [-0.25, -0.2) is 0 Å². The quantitative estimate of drug-likeness (QED) is 0.851. The van der Waals surface area contributed by atoms with Gasteiger partial charge in [0.2, 0.25) is 0 Å². The van der Waals surface area contributed by atoms with Crippen molar-refractivity contribution in [2.24, 2.45) is 5.92 Å². The Labute approximate surface area is 117 Å². The Morgan fingerprint density at radius 2 is 2.00 bits per heavy atom. The fraction of sp³-hybridized carbons (Fsp3) is 0.400. The van der Waals surface area contributed by atoms with Gasteiger partial charge in [0.25, 0.3) is 0 Å². The molecular weight excluding hydrogens is 288 g/mol. The molecule has 2 nitrogen and oxygen atoms in total. The molecule has 1 aromatic carbocycles. The molecule has 0 spiro atoms. The second-order valence-corrected chi connectivity index (χ2v) is 5.44. The standard InChI is InChI=1S/C15H19BrN2/c1-11(9-16)12(2)18-10-14-6-3-5-13-7-4-8-17-15(13)14/h3-8,11-12,18H,9-10H2,1-2H3. The average molecular weight is 307 g/mol. The van der Waals surface area contributed by atoms with Crippen molar-refractivity contribution in [3.8, 4) is 0 Å². The van der Waals surface area contributed by atoms with Crippen LogP contribution in [0.15, 0.2) is 36.5 Å². The Kier molecular flexibility index (Phi) is 4.72. The molecule has 1 heterocycles. The third-order valence-corrected chi connectivity index (χ3v) is 4.45. The minimum atomic E-state index is 0.489. The highest BCUT2D eigenvalue weighted by Gasteiger charge is 2.10. The minimum absolute atomic E-state index is 0.489. The van der Waals surface area contributed by atoms with Crippen molar-refractivity contribution < 1.29 is 0 Å². The number of aromatic nitrogens is 1. The van der Waals surface area contributed by atoms with Crippen LogP contribution in [0.5, 0.6) is 0 Å². The first-order chi connectivity index (χ1) is 8.72. The van der Waals surface area contributed by atoms with Crippen LogP contribution in [-0.2, 0) is 6.54 Å². The number of hydrogen-bond donors (Lipinski definition) is 1. The summed E-state index contributed by atoms with van der Waals surface area (Å²) in [6.07, 6.45) is 1.86. The summed E-state index contributed by atoms with van der Waals surface area (Å²) in [5.74, 6) is 0.618. The van der Waals surface area contributed by atoms with Crippen LogP contribution in [-0.4, -0.2) is 16.4 Å². The summed E-state index contributed by atoms with van der Waals surface area (Å²) in [6, 6.07) is 10.9. The summed E-state index contributed by atoms with van der Waals surface area (Å²) in [7, 11) is 0. The number of para-hydroxylation sites is 1. The highest BCUT2D eigenvalue weighted by atomic mass is 79.9. The summed E-state index contributed by atoms with van der Waals surface area (Å²) in [5, 5.41) is 5.80. The number of benzene rings is 1. The van der Waals surface area contributed by atoms with Crippen LogP contribution in [0.25, 0.3) is 10.9 Å². The van der Waals surface area contributed by atoms with Gasteiger partial charge in [0.1, 0.15) is 0 Å². The molecule has 0 amide bonds. The molecule has 2 rings (SSSR count). The average Bonchev–Trinajstić information content (AvgIpc) is 2.43. The Bertz CT molecular complexity index is 507. The van der Waals surface area contributed by atoms with E-state index < -0.39 is 0 Å². The van der Waals surface area contributed by atoms with E-state index in [9.17, 15) is 0 Å². The monoisotopic (exact) mass is 306 g/mol. The van der Waals surface area contributed by atoms with E-state index in [-0.39, 0.29) is 0 Å². The van der Waals surface area contributed by atoms with Crippen LogP contribution in [0.4, 0.5) is 0 Å². The molecule has 0 saturated heterocycles. The van der Waals surface area contributed by atoms with E-state index in [2.05, 4.69) is 64.3 Å². The third kappa shape index (κ3) is 3.09. The zero-order valence-corrected chi connectivity index (χ0v) is 12.4. The summed E-state index contributed by atoms with van der Waals surface area (Å²) >= 11 is 3.53. The highest BCUT2D eigenvalue weighted by Crippen LogP contribution is 2.16. The van der Waals surface area contributed by atoms with Crippen LogP contribution in [0.2, 0.25) is 0 Å². The molecule has 0 aliphatic heterocycles. The summed E-state index contributed by atoms with van der Waals surface area (Å²) in [6.45, 7) is 5.34. The molecule has 2 aromatic rings. The smallest absolute Gasteiger partial charge is 0.0746 e. The van der Waals surface area contributed by atoms with Crippen LogP contribution in [0.3, 0.4) is 0 Å². The molecule has 2 atom stereocenters. The van der Waals surface area contributed by atoms with Crippen molar-refractivity contribution in [3.63, 3.8) is 0 Å². The fourth-order valence-electron chi connectivity index (χ4n) is 1.92. The second-order valence-electron chi connectivity index (χ2n) is 4.79. The number of fused-ring (bicyclic) bond motifs is 1. The number of halogens is 1. The topological polar surface area (TPSA) is 24.9 Å². The molecule has 0 fully saturated rings. The molecule has 96 valence electrons. The van der Waals surface area contributed by atoms with Gasteiger partial charge in [-0.1, -0.05) is 47.1 Å². The maximum atomic E-state index is 4.47. The van der Waals surface area contributed by atoms with Crippen molar-refractivity contribution in [2.75, 3.05) is 5.33 Å². The molecule has 0 radical (unpaired) electrons. The Balaban J connectivity index is 2.12. The first-order valence-electron chi connectivity index (χ1n) is 6.34. The van der Waals surface area contributed by atoms with Crippen LogP contribution in [0.1, 0.15) is 19.4 Å². The molecule has 2 unspecified atom stereocenters. The Hall–Kier alpha value is -0.930. The third-order valence-electron chi connectivity index (χ3n) is 3.43. The first kappa shape index (κ1) is 13.5. The molecule has 3 heteroatoms. The van der Waals surface area contributed by atoms with Gasteiger partial charge in [-0.2, -0.15) is 0 Å². The van der Waals surface area contributed by atoms with Crippen molar-refractivity contribution >= 4 is 26.8 Å². The number of hydrogen-bond acceptors (Lipinski definition) is 2. The zero-order chi connectivity index (χ0) is 13.0. The van der Waals surface area contributed by atoms with Gasteiger partial charge in [-0.3, -0.25) is 4.98 Å². The Morgan fingerprint density at radius 1 is 1.22 bits per heavy atom. The largest absolute Gasteiger partial charge is 0.310 e. The molecule has 0 saturated carbocycles. The van der Waals surface area contributed by atoms with Gasteiger partial charge in [-0.05, 0) is 24.5 Å². The maximum Gasteiger partial charge on any atom is 0.0746 e. The van der Waals surface area contributed by atoms with Gasteiger partial charge in [-0.15, -0.1) is 0 Å². The van der Waals surface area contributed by atoms with Crippen LogP contribution >= 0.6 is 15.9 Å². The van der Waals surface area contributed by atoms with Gasteiger partial charge >= 0.3 is 0 Å². The SMILES string of the molecule is CC(CBr)C(C)NCc1cccc2cccnc12. The van der Waals surface area contributed by atoms with Gasteiger partial charge in [0, 0.05) is 29.5 Å². The predicted molar refractivity (Wildman–Crippen MR) is 81.0 cm³/mol. The molecule has 0 aliphatic rings. The lowest BCUT2D eigenvalue weighted by molar-refractivity contribution is 0.434. The van der Waals surface area contributed by atoms with Crippen molar-refractivity contribution in [2.45, 2.75) is 26.4 Å². The van der Waals surface area contributed by atoms with Crippen LogP contribution < -0.4 is 5.32 Å². The number of rotatable bonds is 5.